The van der Waals surface area contributed by atoms with Crippen molar-refractivity contribution >= 4 is 27.5 Å². The van der Waals surface area contributed by atoms with E-state index >= 15 is 0 Å². The molecule has 0 bridgehead atoms. The van der Waals surface area contributed by atoms with Crippen molar-refractivity contribution in [2.45, 2.75) is 33.1 Å². The lowest BCUT2D eigenvalue weighted by Crippen LogP contribution is -2.19. The molecule has 2 rings (SSSR count). The predicted molar refractivity (Wildman–Crippen MR) is 101 cm³/mol. The minimum Gasteiger partial charge on any atom is -0.507 e. The van der Waals surface area contributed by atoms with E-state index in [1.807, 2.05) is 19.1 Å². The Morgan fingerprint density at radius 3 is 2.33 bits per heavy atom. The van der Waals surface area contributed by atoms with Crippen molar-refractivity contribution in [3.05, 3.63) is 63.6 Å². The maximum Gasteiger partial charge on any atom is 0.275 e. The first-order valence-electron chi connectivity index (χ1n) is 7.62. The van der Waals surface area contributed by atoms with E-state index in [2.05, 4.69) is 59.4 Å². The van der Waals surface area contributed by atoms with Crippen LogP contribution in [0.4, 0.5) is 0 Å². The second-order valence-corrected chi connectivity index (χ2v) is 7.54. The number of carbonyl (C=O) groups excluding carboxylic acids is 1. The number of carbonyl (C=O) groups is 1. The molecule has 4 nitrogen and oxygen atoms in total. The molecule has 0 aliphatic heterocycles. The zero-order valence-corrected chi connectivity index (χ0v) is 15.8. The Morgan fingerprint density at radius 2 is 1.75 bits per heavy atom. The van der Waals surface area contributed by atoms with Crippen LogP contribution in [0.1, 0.15) is 49.2 Å². The molecule has 2 aromatic rings. The number of amides is 1. The van der Waals surface area contributed by atoms with Gasteiger partial charge in [0.25, 0.3) is 5.91 Å². The lowest BCUT2D eigenvalue weighted by Gasteiger charge is -2.19. The lowest BCUT2D eigenvalue weighted by atomic mass is 9.86. The molecule has 24 heavy (non-hydrogen) atoms. The smallest absolute Gasteiger partial charge is 0.275 e. The molecule has 0 radical (unpaired) electrons. The molecular weight excluding hydrogens is 368 g/mol. The Balaban J connectivity index is 2.14. The third-order valence-electron chi connectivity index (χ3n) is 3.70. The van der Waals surface area contributed by atoms with Gasteiger partial charge in [-0.2, -0.15) is 5.10 Å². The molecule has 0 fully saturated rings. The van der Waals surface area contributed by atoms with Crippen molar-refractivity contribution in [1.29, 1.82) is 0 Å². The summed E-state index contributed by atoms with van der Waals surface area (Å²) in [7, 11) is 0. The monoisotopic (exact) mass is 388 g/mol. The van der Waals surface area contributed by atoms with Crippen LogP contribution in [0.25, 0.3) is 0 Å². The standard InChI is InChI=1S/C19H21BrN2O2/c1-12(13-5-7-14(8-6-13)19(2,3)4)21-22-18(24)16-11-15(20)9-10-17(16)23/h5-11,23H,1-4H3,(H,22,24). The quantitative estimate of drug-likeness (QED) is 0.595. The Labute approximate surface area is 150 Å². The van der Waals surface area contributed by atoms with Crippen molar-refractivity contribution in [2.24, 2.45) is 5.10 Å². The van der Waals surface area contributed by atoms with E-state index in [1.54, 1.807) is 12.1 Å². The number of phenolic OH excluding ortho intramolecular Hbond substituents is 1. The van der Waals surface area contributed by atoms with Gasteiger partial charge in [0.1, 0.15) is 5.75 Å². The minimum atomic E-state index is -0.459. The van der Waals surface area contributed by atoms with Gasteiger partial charge in [-0.25, -0.2) is 5.43 Å². The van der Waals surface area contributed by atoms with Crippen molar-refractivity contribution in [3.63, 3.8) is 0 Å². The number of hydrogen-bond acceptors (Lipinski definition) is 3. The molecule has 0 spiro atoms. The zero-order chi connectivity index (χ0) is 17.9. The van der Waals surface area contributed by atoms with Crippen LogP contribution in [-0.2, 0) is 5.41 Å². The Kier molecular flexibility index (Phi) is 5.44. The topological polar surface area (TPSA) is 61.7 Å². The highest BCUT2D eigenvalue weighted by molar-refractivity contribution is 9.10. The summed E-state index contributed by atoms with van der Waals surface area (Å²) in [6, 6.07) is 12.8. The van der Waals surface area contributed by atoms with Gasteiger partial charge < -0.3 is 5.11 Å². The molecule has 0 saturated carbocycles. The second-order valence-electron chi connectivity index (χ2n) is 6.63. The summed E-state index contributed by atoms with van der Waals surface area (Å²) in [5.74, 6) is -0.544. The first kappa shape index (κ1) is 18.2. The number of hydrazone groups is 1. The van der Waals surface area contributed by atoms with Crippen molar-refractivity contribution in [1.82, 2.24) is 5.43 Å². The summed E-state index contributed by atoms with van der Waals surface area (Å²) in [4.78, 5) is 12.1. The van der Waals surface area contributed by atoms with Crippen LogP contribution in [0.2, 0.25) is 0 Å². The van der Waals surface area contributed by atoms with Gasteiger partial charge in [-0.05, 0) is 41.7 Å². The van der Waals surface area contributed by atoms with Gasteiger partial charge in [0.05, 0.1) is 11.3 Å². The first-order valence-corrected chi connectivity index (χ1v) is 8.42. The predicted octanol–water partition coefficient (Wildman–Crippen LogP) is 4.61. The van der Waals surface area contributed by atoms with E-state index in [1.165, 1.54) is 11.6 Å². The van der Waals surface area contributed by atoms with E-state index in [-0.39, 0.29) is 16.7 Å². The number of nitrogens with zero attached hydrogens (tertiary/aromatic N) is 1. The highest BCUT2D eigenvalue weighted by Crippen LogP contribution is 2.23. The summed E-state index contributed by atoms with van der Waals surface area (Å²) in [5.41, 5.74) is 5.61. The van der Waals surface area contributed by atoms with Crippen LogP contribution in [0.3, 0.4) is 0 Å². The number of rotatable bonds is 3. The van der Waals surface area contributed by atoms with Gasteiger partial charge in [0.2, 0.25) is 0 Å². The largest absolute Gasteiger partial charge is 0.507 e. The fourth-order valence-electron chi connectivity index (χ4n) is 2.16. The van der Waals surface area contributed by atoms with E-state index in [9.17, 15) is 9.90 Å². The van der Waals surface area contributed by atoms with Crippen molar-refractivity contribution in [2.75, 3.05) is 0 Å². The molecule has 0 atom stereocenters. The van der Waals surface area contributed by atoms with Gasteiger partial charge in [0.15, 0.2) is 0 Å². The van der Waals surface area contributed by atoms with Crippen LogP contribution >= 0.6 is 15.9 Å². The number of hydrogen-bond donors (Lipinski definition) is 2. The van der Waals surface area contributed by atoms with Crippen LogP contribution in [0.5, 0.6) is 5.75 Å². The van der Waals surface area contributed by atoms with Crippen molar-refractivity contribution < 1.29 is 9.90 Å². The van der Waals surface area contributed by atoms with Crippen LogP contribution in [0.15, 0.2) is 52.0 Å². The number of halogens is 1. The summed E-state index contributed by atoms with van der Waals surface area (Å²) in [6.45, 7) is 8.31. The zero-order valence-electron chi connectivity index (χ0n) is 14.2. The molecule has 0 saturated heterocycles. The second kappa shape index (κ2) is 7.18. The van der Waals surface area contributed by atoms with Gasteiger partial charge in [-0.3, -0.25) is 4.79 Å². The molecule has 1 amide bonds. The van der Waals surface area contributed by atoms with E-state index in [0.29, 0.717) is 10.2 Å². The Morgan fingerprint density at radius 1 is 1.12 bits per heavy atom. The maximum absolute atomic E-state index is 12.1. The highest BCUT2D eigenvalue weighted by atomic mass is 79.9. The Bertz CT molecular complexity index is 775. The summed E-state index contributed by atoms with van der Waals surface area (Å²) >= 11 is 3.28. The van der Waals surface area contributed by atoms with E-state index < -0.39 is 5.91 Å². The van der Waals surface area contributed by atoms with Crippen LogP contribution < -0.4 is 5.43 Å². The van der Waals surface area contributed by atoms with E-state index in [4.69, 9.17) is 0 Å². The summed E-state index contributed by atoms with van der Waals surface area (Å²) < 4.78 is 0.712. The van der Waals surface area contributed by atoms with Crippen LogP contribution in [-0.4, -0.2) is 16.7 Å². The third kappa shape index (κ3) is 4.45. The lowest BCUT2D eigenvalue weighted by molar-refractivity contribution is 0.0952. The molecule has 5 heteroatoms. The molecule has 2 N–H and O–H groups in total. The molecule has 0 aromatic heterocycles. The third-order valence-corrected chi connectivity index (χ3v) is 4.19. The molecule has 126 valence electrons. The number of aromatic hydroxyl groups is 1. The number of benzene rings is 2. The fourth-order valence-corrected chi connectivity index (χ4v) is 2.52. The normalized spacial score (nSPS) is 12.1. The average Bonchev–Trinajstić information content (AvgIpc) is 2.53. The molecule has 2 aromatic carbocycles. The number of phenols is 1. The molecule has 0 aliphatic carbocycles. The SMILES string of the molecule is CC(=NNC(=O)c1cc(Br)ccc1O)c1ccc(C(C)(C)C)cc1. The first-order chi connectivity index (χ1) is 11.2. The molecule has 0 unspecified atom stereocenters. The Hall–Kier alpha value is -2.14. The highest BCUT2D eigenvalue weighted by Gasteiger charge is 2.14. The maximum atomic E-state index is 12.1. The molecule has 0 aliphatic rings. The number of nitrogens with one attached hydrogen (secondary N) is 1. The average molecular weight is 389 g/mol. The van der Waals surface area contributed by atoms with Gasteiger partial charge >= 0.3 is 0 Å². The van der Waals surface area contributed by atoms with Gasteiger partial charge in [0, 0.05) is 4.47 Å². The van der Waals surface area contributed by atoms with Gasteiger partial charge in [-0.1, -0.05) is 61.0 Å². The minimum absolute atomic E-state index is 0.0851. The molecule has 0 heterocycles. The van der Waals surface area contributed by atoms with Crippen molar-refractivity contribution in [3.8, 4) is 5.75 Å². The van der Waals surface area contributed by atoms with Gasteiger partial charge in [-0.15, -0.1) is 0 Å². The summed E-state index contributed by atoms with van der Waals surface area (Å²) in [6.07, 6.45) is 0. The summed E-state index contributed by atoms with van der Waals surface area (Å²) in [5, 5.41) is 13.9. The fraction of sp³-hybridized carbons (Fsp3) is 0.263. The molecular formula is C19H21BrN2O2. The van der Waals surface area contributed by atoms with E-state index in [0.717, 1.165) is 5.56 Å². The van der Waals surface area contributed by atoms with Crippen LogP contribution in [0, 0.1) is 0 Å².